The third-order valence-corrected chi connectivity index (χ3v) is 4.06. The predicted octanol–water partition coefficient (Wildman–Crippen LogP) is 1.72. The summed E-state index contributed by atoms with van der Waals surface area (Å²) in [7, 11) is 1.64. The average Bonchev–Trinajstić information content (AvgIpc) is 2.80. The van der Waals surface area contributed by atoms with Gasteiger partial charge in [0.15, 0.2) is 5.65 Å². The van der Waals surface area contributed by atoms with E-state index < -0.39 is 0 Å². The van der Waals surface area contributed by atoms with Crippen molar-refractivity contribution in [2.24, 2.45) is 7.05 Å². The number of aryl methyl sites for hydroxylation is 1. The van der Waals surface area contributed by atoms with Gasteiger partial charge in [-0.25, -0.2) is 14.5 Å². The number of rotatable bonds is 1. The molecular formula is C14H12BrN5O2. The van der Waals surface area contributed by atoms with Crippen molar-refractivity contribution in [1.82, 2.24) is 19.2 Å². The Hall–Kier alpha value is -2.35. The molecule has 0 aromatic carbocycles. The second-order valence-electron chi connectivity index (χ2n) is 4.98. The van der Waals surface area contributed by atoms with E-state index in [9.17, 15) is 4.79 Å². The predicted molar refractivity (Wildman–Crippen MR) is 84.9 cm³/mol. The number of hydrogen-bond donors (Lipinski definition) is 0. The van der Waals surface area contributed by atoms with Crippen LogP contribution in [0.2, 0.25) is 0 Å². The van der Waals surface area contributed by atoms with Crippen molar-refractivity contribution in [2.75, 3.05) is 18.1 Å². The molecule has 3 aromatic rings. The SMILES string of the molecule is Cn1nc2cc(N3CCOc4nc(Br)ccc43)ccn2c1=O. The molecular weight excluding hydrogens is 350 g/mol. The minimum Gasteiger partial charge on any atom is -0.474 e. The summed E-state index contributed by atoms with van der Waals surface area (Å²) in [6.07, 6.45) is 1.74. The summed E-state index contributed by atoms with van der Waals surface area (Å²) in [5.41, 5.74) is 2.31. The first kappa shape index (κ1) is 13.3. The van der Waals surface area contributed by atoms with E-state index in [2.05, 4.69) is 30.9 Å². The molecule has 0 unspecified atom stereocenters. The van der Waals surface area contributed by atoms with Crippen LogP contribution in [-0.2, 0) is 7.05 Å². The van der Waals surface area contributed by atoms with Crippen LogP contribution < -0.4 is 15.3 Å². The smallest absolute Gasteiger partial charge is 0.350 e. The maximum absolute atomic E-state index is 11.9. The summed E-state index contributed by atoms with van der Waals surface area (Å²) >= 11 is 3.35. The zero-order valence-corrected chi connectivity index (χ0v) is 13.3. The summed E-state index contributed by atoms with van der Waals surface area (Å²) in [4.78, 5) is 18.3. The van der Waals surface area contributed by atoms with Gasteiger partial charge in [-0.15, -0.1) is 0 Å². The molecule has 1 aliphatic heterocycles. The van der Waals surface area contributed by atoms with Crippen molar-refractivity contribution in [3.05, 3.63) is 45.5 Å². The molecule has 0 amide bonds. The molecule has 4 heterocycles. The van der Waals surface area contributed by atoms with Crippen molar-refractivity contribution in [2.45, 2.75) is 0 Å². The fourth-order valence-electron chi connectivity index (χ4n) is 2.58. The maximum atomic E-state index is 11.9. The number of nitrogens with zero attached hydrogens (tertiary/aromatic N) is 5. The average molecular weight is 362 g/mol. The van der Waals surface area contributed by atoms with E-state index in [4.69, 9.17) is 4.74 Å². The molecule has 0 fully saturated rings. The topological polar surface area (TPSA) is 64.7 Å². The van der Waals surface area contributed by atoms with E-state index >= 15 is 0 Å². The largest absolute Gasteiger partial charge is 0.474 e. The fourth-order valence-corrected chi connectivity index (χ4v) is 2.87. The van der Waals surface area contributed by atoms with Gasteiger partial charge in [0.05, 0.1) is 6.54 Å². The number of ether oxygens (including phenoxy) is 1. The van der Waals surface area contributed by atoms with Crippen LogP contribution in [0.25, 0.3) is 5.65 Å². The van der Waals surface area contributed by atoms with Crippen LogP contribution in [-0.4, -0.2) is 32.3 Å². The van der Waals surface area contributed by atoms with Gasteiger partial charge in [0, 0.05) is 25.0 Å². The standard InChI is InChI=1S/C14H12BrN5O2/c1-18-14(21)20-5-4-9(8-12(20)17-18)19-6-7-22-13-10(19)2-3-11(15)16-13/h2-5,8H,6-7H2,1H3. The Morgan fingerprint density at radius 3 is 3.05 bits per heavy atom. The summed E-state index contributed by atoms with van der Waals surface area (Å²) < 4.78 is 9.19. The van der Waals surface area contributed by atoms with E-state index in [0.717, 1.165) is 16.0 Å². The van der Waals surface area contributed by atoms with Gasteiger partial charge < -0.3 is 9.64 Å². The first-order chi connectivity index (χ1) is 10.6. The van der Waals surface area contributed by atoms with Gasteiger partial charge >= 0.3 is 5.69 Å². The summed E-state index contributed by atoms with van der Waals surface area (Å²) in [5.74, 6) is 0.596. The zero-order valence-electron chi connectivity index (χ0n) is 11.7. The summed E-state index contributed by atoms with van der Waals surface area (Å²) in [5, 5.41) is 4.22. The van der Waals surface area contributed by atoms with Crippen molar-refractivity contribution >= 4 is 33.0 Å². The highest BCUT2D eigenvalue weighted by molar-refractivity contribution is 9.10. The number of anilines is 2. The van der Waals surface area contributed by atoms with Crippen molar-refractivity contribution in [1.29, 1.82) is 0 Å². The van der Waals surface area contributed by atoms with Crippen LogP contribution >= 0.6 is 15.9 Å². The quantitative estimate of drug-likeness (QED) is 0.617. The molecule has 8 heteroatoms. The lowest BCUT2D eigenvalue weighted by atomic mass is 10.2. The molecule has 112 valence electrons. The van der Waals surface area contributed by atoms with E-state index in [1.807, 2.05) is 24.3 Å². The Labute approximate surface area is 133 Å². The van der Waals surface area contributed by atoms with Crippen LogP contribution in [0.4, 0.5) is 11.4 Å². The van der Waals surface area contributed by atoms with Gasteiger partial charge in [-0.1, -0.05) is 0 Å². The highest BCUT2D eigenvalue weighted by Gasteiger charge is 2.21. The molecule has 0 N–H and O–H groups in total. The monoisotopic (exact) mass is 361 g/mol. The lowest BCUT2D eigenvalue weighted by Crippen LogP contribution is -2.29. The van der Waals surface area contributed by atoms with Gasteiger partial charge in [-0.3, -0.25) is 4.40 Å². The van der Waals surface area contributed by atoms with E-state index in [1.54, 1.807) is 13.2 Å². The molecule has 0 saturated carbocycles. The molecule has 3 aromatic heterocycles. The molecule has 0 radical (unpaired) electrons. The summed E-state index contributed by atoms with van der Waals surface area (Å²) in [6.45, 7) is 1.26. The molecule has 0 bridgehead atoms. The van der Waals surface area contributed by atoms with Crippen molar-refractivity contribution < 1.29 is 4.74 Å². The Kier molecular flexibility index (Phi) is 2.93. The van der Waals surface area contributed by atoms with E-state index in [0.29, 0.717) is 24.7 Å². The van der Waals surface area contributed by atoms with Crippen molar-refractivity contribution in [3.63, 3.8) is 0 Å². The lowest BCUT2D eigenvalue weighted by molar-refractivity contribution is 0.301. The minimum atomic E-state index is -0.158. The Bertz CT molecular complexity index is 933. The molecule has 0 aliphatic carbocycles. The van der Waals surface area contributed by atoms with Crippen LogP contribution in [0.3, 0.4) is 0 Å². The maximum Gasteiger partial charge on any atom is 0.350 e. The Morgan fingerprint density at radius 1 is 1.32 bits per heavy atom. The number of pyridine rings is 2. The van der Waals surface area contributed by atoms with Crippen LogP contribution in [0, 0.1) is 0 Å². The molecule has 0 atom stereocenters. The molecule has 22 heavy (non-hydrogen) atoms. The Balaban J connectivity index is 1.85. The number of aromatic nitrogens is 4. The highest BCUT2D eigenvalue weighted by Crippen LogP contribution is 2.36. The van der Waals surface area contributed by atoms with Crippen LogP contribution in [0.15, 0.2) is 39.9 Å². The lowest BCUT2D eigenvalue weighted by Gasteiger charge is -2.30. The number of fused-ring (bicyclic) bond motifs is 2. The van der Waals surface area contributed by atoms with Gasteiger partial charge in [0.2, 0.25) is 5.88 Å². The fraction of sp³-hybridized carbons (Fsp3) is 0.214. The molecule has 7 nitrogen and oxygen atoms in total. The normalized spacial score (nSPS) is 14.0. The highest BCUT2D eigenvalue weighted by atomic mass is 79.9. The molecule has 0 saturated heterocycles. The van der Waals surface area contributed by atoms with E-state index in [1.165, 1.54) is 9.08 Å². The number of halogens is 1. The second-order valence-corrected chi connectivity index (χ2v) is 5.79. The minimum absolute atomic E-state index is 0.158. The van der Waals surface area contributed by atoms with Crippen molar-refractivity contribution in [3.8, 4) is 5.88 Å². The first-order valence-corrected chi connectivity index (χ1v) is 7.55. The second kappa shape index (κ2) is 4.84. The van der Waals surface area contributed by atoms with Gasteiger partial charge in [-0.2, -0.15) is 5.10 Å². The van der Waals surface area contributed by atoms with E-state index in [-0.39, 0.29) is 5.69 Å². The Morgan fingerprint density at radius 2 is 2.18 bits per heavy atom. The summed E-state index contributed by atoms with van der Waals surface area (Å²) in [6, 6.07) is 7.62. The molecule has 4 rings (SSSR count). The number of hydrogen-bond acceptors (Lipinski definition) is 5. The van der Waals surface area contributed by atoms with Gasteiger partial charge in [-0.05, 0) is 34.1 Å². The molecule has 0 spiro atoms. The molecule has 1 aliphatic rings. The van der Waals surface area contributed by atoms with Crippen LogP contribution in [0.1, 0.15) is 0 Å². The zero-order chi connectivity index (χ0) is 15.3. The first-order valence-electron chi connectivity index (χ1n) is 6.76. The van der Waals surface area contributed by atoms with Crippen LogP contribution in [0.5, 0.6) is 5.88 Å². The third kappa shape index (κ3) is 1.98. The third-order valence-electron chi connectivity index (χ3n) is 3.62. The van der Waals surface area contributed by atoms with Gasteiger partial charge in [0.25, 0.3) is 0 Å². The van der Waals surface area contributed by atoms with Gasteiger partial charge in [0.1, 0.15) is 16.9 Å².